The number of anilines is 2. The van der Waals surface area contributed by atoms with Gasteiger partial charge in [-0.1, -0.05) is 6.07 Å². The summed E-state index contributed by atoms with van der Waals surface area (Å²) in [5.41, 5.74) is 13.8. The normalized spacial score (nSPS) is 10.2. The number of hydrogen-bond acceptors (Lipinski definition) is 7. The van der Waals surface area contributed by atoms with Crippen molar-refractivity contribution >= 4 is 23.4 Å². The van der Waals surface area contributed by atoms with Crippen molar-refractivity contribution in [2.75, 3.05) is 18.6 Å². The van der Waals surface area contributed by atoms with E-state index in [-0.39, 0.29) is 6.61 Å². The lowest BCUT2D eigenvalue weighted by molar-refractivity contribution is -0.138. The number of nitriles is 1. The highest BCUT2D eigenvalue weighted by atomic mass is 16.5. The van der Waals surface area contributed by atoms with Gasteiger partial charge in [-0.05, 0) is 42.0 Å². The lowest BCUT2D eigenvalue weighted by atomic mass is 10.1. The number of hydrogen-bond donors (Lipinski definition) is 2. The van der Waals surface area contributed by atoms with E-state index in [2.05, 4.69) is 0 Å². The maximum absolute atomic E-state index is 11.8. The number of rotatable bonds is 6. The molecule has 2 aromatic carbocycles. The Hall–Kier alpha value is -3.66. The molecule has 0 aliphatic heterocycles. The maximum atomic E-state index is 11.8. The van der Waals surface area contributed by atoms with Gasteiger partial charge in [0.05, 0.1) is 7.11 Å². The number of nitrogen functional groups attached to an aromatic ring is 2. The van der Waals surface area contributed by atoms with Crippen molar-refractivity contribution in [2.24, 2.45) is 0 Å². The van der Waals surface area contributed by atoms with E-state index in [9.17, 15) is 4.79 Å². The first kappa shape index (κ1) is 17.7. The zero-order valence-electron chi connectivity index (χ0n) is 13.6. The summed E-state index contributed by atoms with van der Waals surface area (Å²) in [6.07, 6.45) is 4.42. The fraction of sp³-hybridized carbons (Fsp3) is 0.111. The van der Waals surface area contributed by atoms with Crippen LogP contribution in [0.25, 0.3) is 6.08 Å². The zero-order chi connectivity index (χ0) is 18.2. The van der Waals surface area contributed by atoms with Gasteiger partial charge in [0.1, 0.15) is 6.61 Å². The minimum atomic E-state index is -0.529. The minimum Gasteiger partial charge on any atom is -0.493 e. The van der Waals surface area contributed by atoms with Gasteiger partial charge in [-0.25, -0.2) is 4.79 Å². The van der Waals surface area contributed by atoms with E-state index in [0.29, 0.717) is 34.0 Å². The Morgan fingerprint density at radius 1 is 1.20 bits per heavy atom. The highest BCUT2D eigenvalue weighted by molar-refractivity contribution is 5.87. The molecule has 0 atom stereocenters. The molecule has 0 heterocycles. The third kappa shape index (κ3) is 4.91. The standard InChI is InChI=1S/C18H17N3O4/c1-23-17-8-12(2-6-16(17)25-11-19)3-7-18(22)24-10-13-9-14(20)4-5-15(13)21/h2-9H,10,20-21H2,1H3/b7-3+. The molecule has 0 unspecified atom stereocenters. The van der Waals surface area contributed by atoms with Gasteiger partial charge < -0.3 is 25.7 Å². The number of methoxy groups -OCH3 is 1. The fourth-order valence-electron chi connectivity index (χ4n) is 2.03. The van der Waals surface area contributed by atoms with E-state index < -0.39 is 5.97 Å². The summed E-state index contributed by atoms with van der Waals surface area (Å²) in [4.78, 5) is 11.8. The van der Waals surface area contributed by atoms with Crippen molar-refractivity contribution in [1.82, 2.24) is 0 Å². The first-order chi connectivity index (χ1) is 12.0. The second kappa shape index (κ2) is 8.26. The number of ether oxygens (including phenoxy) is 3. The van der Waals surface area contributed by atoms with Crippen LogP contribution in [-0.2, 0) is 16.1 Å². The second-order valence-electron chi connectivity index (χ2n) is 5.00. The molecule has 2 rings (SSSR count). The zero-order valence-corrected chi connectivity index (χ0v) is 13.6. The van der Waals surface area contributed by atoms with Crippen LogP contribution in [0.2, 0.25) is 0 Å². The monoisotopic (exact) mass is 339 g/mol. The Morgan fingerprint density at radius 3 is 2.72 bits per heavy atom. The molecule has 0 aliphatic rings. The molecule has 0 radical (unpaired) electrons. The highest BCUT2D eigenvalue weighted by Crippen LogP contribution is 2.28. The third-order valence-electron chi connectivity index (χ3n) is 3.29. The second-order valence-corrected chi connectivity index (χ2v) is 5.00. The Bertz CT molecular complexity index is 841. The average Bonchev–Trinajstić information content (AvgIpc) is 2.61. The molecule has 4 N–H and O–H groups in total. The van der Waals surface area contributed by atoms with Gasteiger partial charge >= 0.3 is 5.97 Å². The molecule has 25 heavy (non-hydrogen) atoms. The number of benzene rings is 2. The molecule has 0 saturated carbocycles. The van der Waals surface area contributed by atoms with Gasteiger partial charge in [-0.3, -0.25) is 0 Å². The number of nitrogens with zero attached hydrogens (tertiary/aromatic N) is 1. The molecule has 0 saturated heterocycles. The molecule has 0 fully saturated rings. The third-order valence-corrected chi connectivity index (χ3v) is 3.29. The first-order valence-electron chi connectivity index (χ1n) is 7.26. The molecule has 0 aromatic heterocycles. The van der Waals surface area contributed by atoms with Gasteiger partial charge in [-0.15, -0.1) is 5.26 Å². The summed E-state index contributed by atoms with van der Waals surface area (Å²) in [6.45, 7) is 0.0261. The van der Waals surface area contributed by atoms with E-state index in [1.807, 2.05) is 0 Å². The summed E-state index contributed by atoms with van der Waals surface area (Å²) in [7, 11) is 1.46. The fourth-order valence-corrected chi connectivity index (χ4v) is 2.03. The number of nitrogens with two attached hydrogens (primary N) is 2. The lowest BCUT2D eigenvalue weighted by Gasteiger charge is -2.07. The van der Waals surface area contributed by atoms with Crippen molar-refractivity contribution < 1.29 is 19.0 Å². The summed E-state index contributed by atoms with van der Waals surface area (Å²) in [5, 5.41) is 8.56. The molecule has 7 nitrogen and oxygen atoms in total. The lowest BCUT2D eigenvalue weighted by Crippen LogP contribution is -2.04. The predicted molar refractivity (Wildman–Crippen MR) is 93.3 cm³/mol. The Kier molecular flexibility index (Phi) is 5.85. The van der Waals surface area contributed by atoms with Crippen molar-refractivity contribution in [3.63, 3.8) is 0 Å². The van der Waals surface area contributed by atoms with Gasteiger partial charge in [-0.2, -0.15) is 0 Å². The van der Waals surface area contributed by atoms with Crippen molar-refractivity contribution in [3.05, 3.63) is 53.6 Å². The van der Waals surface area contributed by atoms with Crippen LogP contribution in [-0.4, -0.2) is 13.1 Å². The van der Waals surface area contributed by atoms with Gasteiger partial charge in [0, 0.05) is 23.0 Å². The summed E-state index contributed by atoms with van der Waals surface area (Å²) in [6, 6.07) is 9.87. The van der Waals surface area contributed by atoms with Crippen LogP contribution in [0.5, 0.6) is 11.5 Å². The van der Waals surface area contributed by atoms with Crippen LogP contribution in [0.3, 0.4) is 0 Å². The molecule has 0 bridgehead atoms. The quantitative estimate of drug-likeness (QED) is 0.359. The molecule has 0 spiro atoms. The van der Waals surface area contributed by atoms with Crippen LogP contribution >= 0.6 is 0 Å². The van der Waals surface area contributed by atoms with Crippen LogP contribution in [0.1, 0.15) is 11.1 Å². The van der Waals surface area contributed by atoms with Crippen LogP contribution in [0.15, 0.2) is 42.5 Å². The SMILES string of the molecule is COc1cc(/C=C/C(=O)OCc2cc(N)ccc2N)ccc1OC#N. The molecular weight excluding hydrogens is 322 g/mol. The minimum absolute atomic E-state index is 0.0261. The van der Waals surface area contributed by atoms with Crippen LogP contribution < -0.4 is 20.9 Å². The summed E-state index contributed by atoms with van der Waals surface area (Å²) < 4.78 is 15.0. The van der Waals surface area contributed by atoms with E-state index in [0.717, 1.165) is 0 Å². The van der Waals surface area contributed by atoms with Crippen molar-refractivity contribution in [1.29, 1.82) is 5.26 Å². The van der Waals surface area contributed by atoms with Crippen LogP contribution in [0.4, 0.5) is 11.4 Å². The summed E-state index contributed by atoms with van der Waals surface area (Å²) >= 11 is 0. The molecular formula is C18H17N3O4. The molecule has 7 heteroatoms. The smallest absolute Gasteiger partial charge is 0.331 e. The average molecular weight is 339 g/mol. The first-order valence-corrected chi connectivity index (χ1v) is 7.26. The van der Waals surface area contributed by atoms with Gasteiger partial charge in [0.15, 0.2) is 11.5 Å². The van der Waals surface area contributed by atoms with Gasteiger partial charge in [0.25, 0.3) is 6.26 Å². The molecule has 128 valence electrons. The topological polar surface area (TPSA) is 121 Å². The number of carbonyl (C=O) groups is 1. The highest BCUT2D eigenvalue weighted by Gasteiger charge is 2.06. The molecule has 2 aromatic rings. The summed E-state index contributed by atoms with van der Waals surface area (Å²) in [5.74, 6) is 0.143. The molecule has 0 aliphatic carbocycles. The Balaban J connectivity index is 2.00. The van der Waals surface area contributed by atoms with E-state index in [4.69, 9.17) is 30.9 Å². The van der Waals surface area contributed by atoms with E-state index in [1.54, 1.807) is 48.7 Å². The Labute approximate surface area is 145 Å². The van der Waals surface area contributed by atoms with Crippen molar-refractivity contribution in [3.8, 4) is 17.8 Å². The van der Waals surface area contributed by atoms with E-state index >= 15 is 0 Å². The van der Waals surface area contributed by atoms with Gasteiger partial charge in [0.2, 0.25) is 0 Å². The number of carbonyl (C=O) groups excluding carboxylic acids is 1. The number of esters is 1. The predicted octanol–water partition coefficient (Wildman–Crippen LogP) is 2.48. The molecule has 0 amide bonds. The maximum Gasteiger partial charge on any atom is 0.331 e. The largest absolute Gasteiger partial charge is 0.493 e. The van der Waals surface area contributed by atoms with Crippen molar-refractivity contribution in [2.45, 2.75) is 6.61 Å². The Morgan fingerprint density at radius 2 is 2.00 bits per heavy atom. The van der Waals surface area contributed by atoms with E-state index in [1.165, 1.54) is 13.2 Å². The van der Waals surface area contributed by atoms with Crippen LogP contribution in [0, 0.1) is 11.5 Å².